The summed E-state index contributed by atoms with van der Waals surface area (Å²) < 4.78 is 29.2. The van der Waals surface area contributed by atoms with Crippen molar-refractivity contribution in [3.8, 4) is 0 Å². The first-order valence-corrected chi connectivity index (χ1v) is 8.39. The van der Waals surface area contributed by atoms with Gasteiger partial charge in [0.15, 0.2) is 6.61 Å². The molecule has 1 amide bonds. The lowest BCUT2D eigenvalue weighted by Crippen LogP contribution is -2.21. The van der Waals surface area contributed by atoms with Gasteiger partial charge in [-0.15, -0.1) is 0 Å². The zero-order valence-electron chi connectivity index (χ0n) is 14.7. The summed E-state index contributed by atoms with van der Waals surface area (Å²) in [4.78, 5) is 24.3. The molecule has 0 spiro atoms. The summed E-state index contributed by atoms with van der Waals surface area (Å²) in [6, 6.07) is 12.6. The fourth-order valence-electron chi connectivity index (χ4n) is 2.57. The summed E-state index contributed by atoms with van der Waals surface area (Å²) in [6.07, 6.45) is 0. The minimum Gasteiger partial charge on any atom is -0.450 e. The molecule has 3 aromatic rings. The lowest BCUT2D eigenvalue weighted by atomic mass is 10.1. The Hall–Kier alpha value is -3.19. The first kappa shape index (κ1) is 18.6. The Morgan fingerprint density at radius 2 is 1.96 bits per heavy atom. The van der Waals surface area contributed by atoms with E-state index in [1.54, 1.807) is 12.1 Å². The number of ether oxygens (including phenoxy) is 2. The molecule has 0 saturated heterocycles. The maximum Gasteiger partial charge on any atom is 0.375 e. The number of hydrogen-bond donors (Lipinski definition) is 1. The molecule has 3 rings (SSSR count). The van der Waals surface area contributed by atoms with Crippen LogP contribution < -0.4 is 5.32 Å². The molecule has 0 saturated carbocycles. The molecule has 140 valence electrons. The number of halogens is 1. The molecule has 0 radical (unpaired) electrons. The van der Waals surface area contributed by atoms with E-state index in [4.69, 9.17) is 13.9 Å². The highest BCUT2D eigenvalue weighted by Gasteiger charge is 2.22. The Kier molecular flexibility index (Phi) is 5.83. The van der Waals surface area contributed by atoms with Crippen LogP contribution >= 0.6 is 0 Å². The van der Waals surface area contributed by atoms with Gasteiger partial charge in [0, 0.05) is 23.2 Å². The highest BCUT2D eigenvalue weighted by atomic mass is 19.1. The van der Waals surface area contributed by atoms with Gasteiger partial charge in [-0.05, 0) is 31.2 Å². The van der Waals surface area contributed by atoms with Crippen LogP contribution in [0.5, 0.6) is 0 Å². The molecule has 2 aromatic carbocycles. The molecular formula is C20H18FNO5. The van der Waals surface area contributed by atoms with Crippen LogP contribution in [0.2, 0.25) is 0 Å². The summed E-state index contributed by atoms with van der Waals surface area (Å²) in [6.45, 7) is 1.98. The number of benzene rings is 2. The summed E-state index contributed by atoms with van der Waals surface area (Å²) in [7, 11) is 0. The minimum absolute atomic E-state index is 0.00297. The smallest absolute Gasteiger partial charge is 0.375 e. The first-order chi connectivity index (χ1) is 13.1. The van der Waals surface area contributed by atoms with Gasteiger partial charge < -0.3 is 19.2 Å². The summed E-state index contributed by atoms with van der Waals surface area (Å²) in [5.74, 6) is -1.83. The van der Waals surface area contributed by atoms with Crippen LogP contribution in [0.15, 0.2) is 52.9 Å². The van der Waals surface area contributed by atoms with Crippen molar-refractivity contribution in [2.45, 2.75) is 13.5 Å². The van der Waals surface area contributed by atoms with E-state index in [0.717, 1.165) is 5.39 Å². The monoisotopic (exact) mass is 371 g/mol. The van der Waals surface area contributed by atoms with E-state index in [2.05, 4.69) is 5.32 Å². The number of nitrogens with one attached hydrogen (secondary N) is 1. The van der Waals surface area contributed by atoms with Crippen LogP contribution in [0, 0.1) is 5.82 Å². The second kappa shape index (κ2) is 8.46. The number of anilines is 1. The van der Waals surface area contributed by atoms with Crippen LogP contribution in [0.1, 0.15) is 23.0 Å². The van der Waals surface area contributed by atoms with Gasteiger partial charge in [0.1, 0.15) is 11.4 Å². The van der Waals surface area contributed by atoms with Crippen LogP contribution in [0.25, 0.3) is 11.0 Å². The third-order valence-corrected chi connectivity index (χ3v) is 3.78. The van der Waals surface area contributed by atoms with Gasteiger partial charge in [0.05, 0.1) is 6.61 Å². The van der Waals surface area contributed by atoms with Gasteiger partial charge in [0.2, 0.25) is 5.76 Å². The number of rotatable bonds is 7. The molecule has 1 heterocycles. The number of fused-ring (bicyclic) bond motifs is 1. The van der Waals surface area contributed by atoms with Crippen molar-refractivity contribution >= 4 is 28.5 Å². The lowest BCUT2D eigenvalue weighted by molar-refractivity contribution is -0.119. The van der Waals surface area contributed by atoms with Crippen molar-refractivity contribution < 1.29 is 27.9 Å². The molecule has 27 heavy (non-hydrogen) atoms. The zero-order valence-corrected chi connectivity index (χ0v) is 14.7. The summed E-state index contributed by atoms with van der Waals surface area (Å²) in [5, 5.41) is 3.21. The van der Waals surface area contributed by atoms with Crippen molar-refractivity contribution in [2.24, 2.45) is 0 Å². The number of amides is 1. The van der Waals surface area contributed by atoms with E-state index < -0.39 is 24.3 Å². The Morgan fingerprint density at radius 1 is 1.15 bits per heavy atom. The van der Waals surface area contributed by atoms with Crippen LogP contribution in [-0.2, 0) is 20.9 Å². The highest BCUT2D eigenvalue weighted by Crippen LogP contribution is 2.27. The van der Waals surface area contributed by atoms with E-state index >= 15 is 0 Å². The molecule has 0 aliphatic heterocycles. The van der Waals surface area contributed by atoms with E-state index in [-0.39, 0.29) is 18.1 Å². The maximum absolute atomic E-state index is 13.1. The second-order valence-electron chi connectivity index (χ2n) is 5.68. The van der Waals surface area contributed by atoms with Gasteiger partial charge in [-0.3, -0.25) is 4.79 Å². The van der Waals surface area contributed by atoms with Crippen molar-refractivity contribution in [1.29, 1.82) is 0 Å². The van der Waals surface area contributed by atoms with E-state index in [1.807, 2.05) is 19.1 Å². The molecule has 1 N–H and O–H groups in total. The number of hydrogen-bond acceptors (Lipinski definition) is 5. The number of furan rings is 1. The lowest BCUT2D eigenvalue weighted by Gasteiger charge is -2.07. The molecular weight excluding hydrogens is 353 g/mol. The molecule has 0 unspecified atom stereocenters. The Morgan fingerprint density at radius 3 is 2.74 bits per heavy atom. The molecule has 0 aliphatic rings. The van der Waals surface area contributed by atoms with E-state index in [0.29, 0.717) is 17.8 Å². The quantitative estimate of drug-likeness (QED) is 0.637. The molecule has 0 fully saturated rings. The predicted octanol–water partition coefficient (Wildman–Crippen LogP) is 3.90. The van der Waals surface area contributed by atoms with E-state index in [1.165, 1.54) is 24.3 Å². The predicted molar refractivity (Wildman–Crippen MR) is 96.9 cm³/mol. The Balaban J connectivity index is 1.69. The van der Waals surface area contributed by atoms with Crippen LogP contribution in [-0.4, -0.2) is 25.1 Å². The third-order valence-electron chi connectivity index (χ3n) is 3.78. The molecule has 6 nitrogen and oxygen atoms in total. The molecule has 1 aromatic heterocycles. The summed E-state index contributed by atoms with van der Waals surface area (Å²) in [5.41, 5.74) is 1.38. The highest BCUT2D eigenvalue weighted by molar-refractivity contribution is 5.98. The van der Waals surface area contributed by atoms with Crippen LogP contribution in [0.4, 0.5) is 10.1 Å². The van der Waals surface area contributed by atoms with Gasteiger partial charge in [-0.1, -0.05) is 24.3 Å². The van der Waals surface area contributed by atoms with Gasteiger partial charge >= 0.3 is 5.97 Å². The van der Waals surface area contributed by atoms with Crippen molar-refractivity contribution in [1.82, 2.24) is 0 Å². The second-order valence-corrected chi connectivity index (χ2v) is 5.68. The normalized spacial score (nSPS) is 10.7. The molecule has 0 atom stereocenters. The molecule has 7 heteroatoms. The maximum atomic E-state index is 13.1. The topological polar surface area (TPSA) is 77.8 Å². The zero-order chi connectivity index (χ0) is 19.2. The van der Waals surface area contributed by atoms with Crippen molar-refractivity contribution in [3.05, 3.63) is 65.7 Å². The number of carbonyl (C=O) groups excluding carboxylic acids is 2. The molecule has 0 aliphatic carbocycles. The standard InChI is InChI=1S/C20H18FNO5/c1-2-25-11-16-15-8-3-4-9-17(15)27-19(16)20(24)26-12-18(23)22-14-7-5-6-13(21)10-14/h3-10H,2,11-12H2,1H3,(H,22,23). The Labute approximate surface area is 154 Å². The summed E-state index contributed by atoms with van der Waals surface area (Å²) >= 11 is 0. The average molecular weight is 371 g/mol. The van der Waals surface area contributed by atoms with Crippen LogP contribution in [0.3, 0.4) is 0 Å². The molecule has 0 bridgehead atoms. The number of esters is 1. The van der Waals surface area contributed by atoms with Gasteiger partial charge in [-0.25, -0.2) is 9.18 Å². The largest absolute Gasteiger partial charge is 0.450 e. The average Bonchev–Trinajstić information content (AvgIpc) is 3.03. The number of carbonyl (C=O) groups is 2. The SMILES string of the molecule is CCOCc1c(C(=O)OCC(=O)Nc2cccc(F)c2)oc2ccccc12. The van der Waals surface area contributed by atoms with Crippen molar-refractivity contribution in [2.75, 3.05) is 18.5 Å². The van der Waals surface area contributed by atoms with Crippen molar-refractivity contribution in [3.63, 3.8) is 0 Å². The third kappa shape index (κ3) is 4.51. The Bertz CT molecular complexity index is 966. The fourth-order valence-corrected chi connectivity index (χ4v) is 2.57. The first-order valence-electron chi connectivity index (χ1n) is 8.39. The number of para-hydroxylation sites is 1. The van der Waals surface area contributed by atoms with Gasteiger partial charge in [0.25, 0.3) is 5.91 Å². The van der Waals surface area contributed by atoms with E-state index in [9.17, 15) is 14.0 Å². The minimum atomic E-state index is -0.768. The fraction of sp³-hybridized carbons (Fsp3) is 0.200. The van der Waals surface area contributed by atoms with Gasteiger partial charge in [-0.2, -0.15) is 0 Å².